The Bertz CT molecular complexity index is 1060. The number of fused-ring (bicyclic) bond motifs is 2. The van der Waals surface area contributed by atoms with Crippen LogP contribution in [0.15, 0.2) is 59.8 Å². The highest BCUT2D eigenvalue weighted by Gasteiger charge is 2.28. The zero-order valence-corrected chi connectivity index (χ0v) is 16.9. The number of aromatic nitrogens is 2. The van der Waals surface area contributed by atoms with Gasteiger partial charge in [-0.2, -0.15) is 0 Å². The van der Waals surface area contributed by atoms with Gasteiger partial charge in [-0.1, -0.05) is 42.1 Å². The van der Waals surface area contributed by atoms with Crippen molar-refractivity contribution < 1.29 is 14.3 Å². The first-order valence-electron chi connectivity index (χ1n) is 9.55. The number of hydrogen-bond acceptors (Lipinski definition) is 6. The second kappa shape index (κ2) is 8.61. The molecule has 4 rings (SSSR count). The molecule has 0 bridgehead atoms. The Morgan fingerprint density at radius 1 is 1.14 bits per heavy atom. The Kier molecular flexibility index (Phi) is 5.76. The second-order valence-electron chi connectivity index (χ2n) is 6.84. The average Bonchev–Trinajstić information content (AvgIpc) is 2.76. The molecule has 1 aromatic heterocycles. The summed E-state index contributed by atoms with van der Waals surface area (Å²) in [7, 11) is 0. The van der Waals surface area contributed by atoms with Crippen LogP contribution in [0.3, 0.4) is 0 Å². The lowest BCUT2D eigenvalue weighted by Gasteiger charge is -2.31. The molecule has 1 unspecified atom stereocenters. The van der Waals surface area contributed by atoms with Crippen LogP contribution in [0, 0.1) is 0 Å². The van der Waals surface area contributed by atoms with Gasteiger partial charge in [-0.25, -0.2) is 4.98 Å². The summed E-state index contributed by atoms with van der Waals surface area (Å²) < 4.78 is 5.39. The molecule has 148 valence electrons. The van der Waals surface area contributed by atoms with Crippen molar-refractivity contribution in [2.24, 2.45) is 0 Å². The molecule has 6 nitrogen and oxygen atoms in total. The van der Waals surface area contributed by atoms with Gasteiger partial charge in [0.05, 0.1) is 23.0 Å². The summed E-state index contributed by atoms with van der Waals surface area (Å²) in [4.78, 5) is 35.6. The Labute approximate surface area is 173 Å². The van der Waals surface area contributed by atoms with Crippen LogP contribution in [-0.2, 0) is 20.7 Å². The fraction of sp³-hybridized carbons (Fsp3) is 0.273. The molecule has 29 heavy (non-hydrogen) atoms. The molecule has 3 aromatic rings. The third-order valence-corrected chi connectivity index (χ3v) is 5.67. The van der Waals surface area contributed by atoms with Gasteiger partial charge in [0.15, 0.2) is 6.10 Å². The van der Waals surface area contributed by atoms with Crippen LogP contribution in [0.5, 0.6) is 0 Å². The van der Waals surface area contributed by atoms with E-state index in [1.165, 1.54) is 11.8 Å². The molecule has 0 fully saturated rings. The fourth-order valence-electron chi connectivity index (χ4n) is 3.41. The number of thioether (sulfide) groups is 1. The maximum absolute atomic E-state index is 12.8. The molecule has 2 aromatic carbocycles. The minimum absolute atomic E-state index is 0.0707. The highest BCUT2D eigenvalue weighted by molar-refractivity contribution is 7.99. The van der Waals surface area contributed by atoms with E-state index in [0.29, 0.717) is 11.6 Å². The van der Waals surface area contributed by atoms with Crippen LogP contribution in [0.2, 0.25) is 0 Å². The third kappa shape index (κ3) is 4.40. The van der Waals surface area contributed by atoms with Crippen LogP contribution in [-0.4, -0.2) is 40.2 Å². The molecule has 0 saturated carbocycles. The van der Waals surface area contributed by atoms with Crippen LogP contribution in [0.1, 0.15) is 18.9 Å². The average molecular weight is 407 g/mol. The van der Waals surface area contributed by atoms with Crippen molar-refractivity contribution in [2.45, 2.75) is 30.9 Å². The van der Waals surface area contributed by atoms with Gasteiger partial charge in [0, 0.05) is 12.2 Å². The van der Waals surface area contributed by atoms with E-state index in [1.54, 1.807) is 18.0 Å². The standard InChI is InChI=1S/C22H21N3O3S/c1-15(22(27)25-12-6-8-16-7-2-5-11-19(16)25)28-21(26)14-29-20-13-23-17-9-3-4-10-18(17)24-20/h2-5,7,9-11,13,15H,6,8,12,14H2,1H3. The minimum atomic E-state index is -0.836. The van der Waals surface area contributed by atoms with Gasteiger partial charge in [0.25, 0.3) is 5.91 Å². The van der Waals surface area contributed by atoms with Crippen molar-refractivity contribution in [3.63, 3.8) is 0 Å². The molecule has 1 aliphatic heterocycles. The number of hydrogen-bond donors (Lipinski definition) is 0. The summed E-state index contributed by atoms with van der Waals surface area (Å²) in [5.74, 6) is -0.571. The summed E-state index contributed by atoms with van der Waals surface area (Å²) in [6.07, 6.45) is 2.66. The first-order chi connectivity index (χ1) is 14.1. The summed E-state index contributed by atoms with van der Waals surface area (Å²) in [6.45, 7) is 2.26. The minimum Gasteiger partial charge on any atom is -0.452 e. The zero-order valence-electron chi connectivity index (χ0n) is 16.1. The number of carbonyl (C=O) groups excluding carboxylic acids is 2. The number of para-hydroxylation sites is 3. The Hall–Kier alpha value is -2.93. The van der Waals surface area contributed by atoms with Crippen LogP contribution in [0.25, 0.3) is 11.0 Å². The fourth-order valence-corrected chi connectivity index (χ4v) is 4.03. The number of nitrogens with zero attached hydrogens (tertiary/aromatic N) is 3. The number of benzene rings is 2. The van der Waals surface area contributed by atoms with Crippen molar-refractivity contribution in [1.29, 1.82) is 0 Å². The quantitative estimate of drug-likeness (QED) is 0.475. The maximum Gasteiger partial charge on any atom is 0.317 e. The molecular weight excluding hydrogens is 386 g/mol. The third-order valence-electron chi connectivity index (χ3n) is 4.80. The molecule has 0 radical (unpaired) electrons. The van der Waals surface area contributed by atoms with Crippen molar-refractivity contribution in [2.75, 3.05) is 17.2 Å². The predicted molar refractivity (Wildman–Crippen MR) is 113 cm³/mol. The number of carbonyl (C=O) groups is 2. The molecule has 1 atom stereocenters. The van der Waals surface area contributed by atoms with Gasteiger partial charge in [-0.3, -0.25) is 14.6 Å². The lowest BCUT2D eigenvalue weighted by molar-refractivity contribution is -0.151. The van der Waals surface area contributed by atoms with Gasteiger partial charge >= 0.3 is 5.97 Å². The number of aryl methyl sites for hydroxylation is 1. The Morgan fingerprint density at radius 2 is 1.90 bits per heavy atom. The molecule has 0 saturated heterocycles. The molecule has 0 spiro atoms. The predicted octanol–water partition coefficient (Wildman–Crippen LogP) is 3.63. The van der Waals surface area contributed by atoms with Crippen molar-refractivity contribution >= 4 is 40.4 Å². The van der Waals surface area contributed by atoms with E-state index in [2.05, 4.69) is 9.97 Å². The highest BCUT2D eigenvalue weighted by atomic mass is 32.2. The molecule has 2 heterocycles. The van der Waals surface area contributed by atoms with E-state index >= 15 is 0 Å². The largest absolute Gasteiger partial charge is 0.452 e. The Morgan fingerprint density at radius 3 is 2.76 bits per heavy atom. The smallest absolute Gasteiger partial charge is 0.317 e. The molecule has 7 heteroatoms. The van der Waals surface area contributed by atoms with E-state index in [-0.39, 0.29) is 11.7 Å². The zero-order chi connectivity index (χ0) is 20.2. The van der Waals surface area contributed by atoms with Crippen molar-refractivity contribution in [1.82, 2.24) is 9.97 Å². The number of ether oxygens (including phenoxy) is 1. The lowest BCUT2D eigenvalue weighted by Crippen LogP contribution is -2.43. The molecule has 1 aliphatic rings. The lowest BCUT2D eigenvalue weighted by atomic mass is 10.0. The molecular formula is C22H21N3O3S. The van der Waals surface area contributed by atoms with Gasteiger partial charge in [-0.05, 0) is 43.5 Å². The molecule has 0 N–H and O–H groups in total. The van der Waals surface area contributed by atoms with E-state index in [9.17, 15) is 9.59 Å². The molecule has 1 amide bonds. The first-order valence-corrected chi connectivity index (χ1v) is 10.5. The maximum atomic E-state index is 12.8. The van der Waals surface area contributed by atoms with Crippen molar-refractivity contribution in [3.8, 4) is 0 Å². The monoisotopic (exact) mass is 407 g/mol. The van der Waals surface area contributed by atoms with Crippen LogP contribution >= 0.6 is 11.8 Å². The van der Waals surface area contributed by atoms with Gasteiger partial charge in [-0.15, -0.1) is 0 Å². The van der Waals surface area contributed by atoms with Crippen molar-refractivity contribution in [3.05, 3.63) is 60.3 Å². The summed E-state index contributed by atoms with van der Waals surface area (Å²) in [5, 5.41) is 0.643. The normalized spacial score (nSPS) is 14.3. The van der Waals surface area contributed by atoms with E-state index in [1.807, 2.05) is 48.5 Å². The van der Waals surface area contributed by atoms with Gasteiger partial charge < -0.3 is 9.64 Å². The van der Waals surface area contributed by atoms with Crippen LogP contribution < -0.4 is 4.90 Å². The van der Waals surface area contributed by atoms with E-state index in [4.69, 9.17) is 4.74 Å². The summed E-state index contributed by atoms with van der Waals surface area (Å²) >= 11 is 1.25. The number of esters is 1. The number of anilines is 1. The Balaban J connectivity index is 1.35. The topological polar surface area (TPSA) is 72.4 Å². The molecule has 0 aliphatic carbocycles. The van der Waals surface area contributed by atoms with E-state index in [0.717, 1.165) is 35.1 Å². The van der Waals surface area contributed by atoms with E-state index < -0.39 is 12.1 Å². The second-order valence-corrected chi connectivity index (χ2v) is 7.84. The highest BCUT2D eigenvalue weighted by Crippen LogP contribution is 2.27. The number of amides is 1. The van der Waals surface area contributed by atoms with Gasteiger partial charge in [0.2, 0.25) is 0 Å². The van der Waals surface area contributed by atoms with Gasteiger partial charge in [0.1, 0.15) is 5.03 Å². The first kappa shape index (κ1) is 19.4. The summed E-state index contributed by atoms with van der Waals surface area (Å²) in [5.41, 5.74) is 3.64. The number of rotatable bonds is 5. The summed E-state index contributed by atoms with van der Waals surface area (Å²) in [6, 6.07) is 15.4. The SMILES string of the molecule is CC(OC(=O)CSc1cnc2ccccc2n1)C(=O)N1CCCc2ccccc21. The van der Waals surface area contributed by atoms with Crippen LogP contribution in [0.4, 0.5) is 5.69 Å².